The van der Waals surface area contributed by atoms with E-state index in [1.165, 1.54) is 6.92 Å². The second kappa shape index (κ2) is 17.9. The van der Waals surface area contributed by atoms with Crippen molar-refractivity contribution in [2.45, 2.75) is 120 Å². The minimum atomic E-state index is -2.60. The molecule has 2 N–H and O–H groups in total. The lowest BCUT2D eigenvalue weighted by Crippen LogP contribution is -2.67. The molecule has 2 saturated heterocycles. The summed E-state index contributed by atoms with van der Waals surface area (Å²) in [6.07, 6.45) is -12.4. The number of carbonyl (C=O) groups excluding carboxylic acids is 2. The van der Waals surface area contributed by atoms with Crippen LogP contribution < -0.4 is 0 Å². The Morgan fingerprint density at radius 2 is 1.47 bits per heavy atom. The van der Waals surface area contributed by atoms with Crippen molar-refractivity contribution in [2.24, 2.45) is 5.11 Å². The SMILES string of the molecule is COC(=O)[C@@H]1OC(O)[C@H](O)[C@@H](OCc2ccccc2)[C@@H]1O[C@H]1O[C@H](COC(C)=O)[C@@H](O[Si](C)(C)C(C)(C)C)[C@H](OCc2ccccc2)[C@H]1N=[N+]=[N-]. The second-order valence-electron chi connectivity index (χ2n) is 14.0. The smallest absolute Gasteiger partial charge is 0.337 e. The van der Waals surface area contributed by atoms with E-state index >= 15 is 0 Å². The third kappa shape index (κ3) is 10.4. The fraction of sp³-hybridized carbons (Fsp3) is 0.600. The van der Waals surface area contributed by atoms with Gasteiger partial charge in [0.25, 0.3) is 0 Å². The van der Waals surface area contributed by atoms with Crippen LogP contribution >= 0.6 is 0 Å². The van der Waals surface area contributed by atoms with Crippen LogP contribution in [0.5, 0.6) is 0 Å². The Kier molecular flexibility index (Phi) is 14.1. The maximum absolute atomic E-state index is 13.1. The van der Waals surface area contributed by atoms with Gasteiger partial charge in [-0.1, -0.05) is 86.5 Å². The zero-order chi connectivity index (χ0) is 37.3. The summed E-state index contributed by atoms with van der Waals surface area (Å²) in [6, 6.07) is 17.1. The number of aliphatic hydroxyl groups is 2. The maximum atomic E-state index is 13.1. The monoisotopic (exact) mass is 731 g/mol. The average molecular weight is 732 g/mol. The summed E-state index contributed by atoms with van der Waals surface area (Å²) in [6.45, 7) is 11.3. The number of aliphatic hydroxyl groups excluding tert-OH is 2. The predicted molar refractivity (Wildman–Crippen MR) is 184 cm³/mol. The summed E-state index contributed by atoms with van der Waals surface area (Å²) in [5, 5.41) is 25.5. The molecule has 15 nitrogen and oxygen atoms in total. The highest BCUT2D eigenvalue weighted by molar-refractivity contribution is 6.74. The molecule has 280 valence electrons. The lowest BCUT2D eigenvalue weighted by atomic mass is 9.95. The van der Waals surface area contributed by atoms with E-state index in [0.717, 1.165) is 18.2 Å². The Hall–Kier alpha value is -3.41. The van der Waals surface area contributed by atoms with Crippen molar-refractivity contribution in [3.05, 3.63) is 82.2 Å². The van der Waals surface area contributed by atoms with Gasteiger partial charge in [-0.3, -0.25) is 4.79 Å². The van der Waals surface area contributed by atoms with Crippen molar-refractivity contribution >= 4 is 20.3 Å². The molecule has 0 radical (unpaired) electrons. The zero-order valence-electron chi connectivity index (χ0n) is 30.0. The summed E-state index contributed by atoms with van der Waals surface area (Å²) in [5.41, 5.74) is 11.4. The fourth-order valence-electron chi connectivity index (χ4n) is 5.54. The third-order valence-corrected chi connectivity index (χ3v) is 13.8. The number of rotatable bonds is 14. The molecular weight excluding hydrogens is 682 g/mol. The molecule has 0 bridgehead atoms. The van der Waals surface area contributed by atoms with E-state index in [0.29, 0.717) is 0 Å². The van der Waals surface area contributed by atoms with E-state index < -0.39 is 81.6 Å². The average Bonchev–Trinajstić information content (AvgIpc) is 3.09. The molecule has 10 atom stereocenters. The Morgan fingerprint density at radius 1 is 0.902 bits per heavy atom. The number of ether oxygens (including phenoxy) is 7. The van der Waals surface area contributed by atoms with Gasteiger partial charge in [0.2, 0.25) is 0 Å². The van der Waals surface area contributed by atoms with Crippen LogP contribution in [0.25, 0.3) is 10.4 Å². The molecule has 2 heterocycles. The minimum absolute atomic E-state index is 0.0331. The highest BCUT2D eigenvalue weighted by Crippen LogP contribution is 2.41. The first-order valence-electron chi connectivity index (χ1n) is 16.7. The van der Waals surface area contributed by atoms with Gasteiger partial charge in [-0.2, -0.15) is 0 Å². The van der Waals surface area contributed by atoms with Crippen molar-refractivity contribution in [2.75, 3.05) is 13.7 Å². The first-order valence-corrected chi connectivity index (χ1v) is 19.6. The van der Waals surface area contributed by atoms with Gasteiger partial charge in [0.1, 0.15) is 43.2 Å². The van der Waals surface area contributed by atoms with Crippen molar-refractivity contribution in [1.29, 1.82) is 0 Å². The van der Waals surface area contributed by atoms with Gasteiger partial charge in [0.15, 0.2) is 27.0 Å². The maximum Gasteiger partial charge on any atom is 0.337 e. The molecule has 4 rings (SSSR count). The van der Waals surface area contributed by atoms with Crippen molar-refractivity contribution in [3.63, 3.8) is 0 Å². The first-order chi connectivity index (χ1) is 24.2. The molecule has 2 aromatic rings. The van der Waals surface area contributed by atoms with E-state index in [2.05, 4.69) is 30.8 Å². The molecule has 0 aliphatic carbocycles. The van der Waals surface area contributed by atoms with Gasteiger partial charge in [-0.15, -0.1) is 0 Å². The number of carbonyl (C=O) groups is 2. The van der Waals surface area contributed by atoms with Crippen LogP contribution in [0, 0.1) is 0 Å². The van der Waals surface area contributed by atoms with E-state index in [1.807, 2.05) is 49.5 Å². The topological polar surface area (TPSA) is 197 Å². The van der Waals surface area contributed by atoms with Crippen LogP contribution in [-0.4, -0.2) is 106 Å². The number of hydrogen-bond acceptors (Lipinski definition) is 13. The van der Waals surface area contributed by atoms with Crippen LogP contribution in [0.3, 0.4) is 0 Å². The molecule has 16 heteroatoms. The molecule has 0 spiro atoms. The zero-order valence-corrected chi connectivity index (χ0v) is 31.0. The number of benzene rings is 2. The third-order valence-electron chi connectivity index (χ3n) is 9.32. The van der Waals surface area contributed by atoms with E-state index in [4.69, 9.17) is 37.6 Å². The van der Waals surface area contributed by atoms with E-state index in [9.17, 15) is 25.3 Å². The van der Waals surface area contributed by atoms with Crippen LogP contribution in [0.2, 0.25) is 18.1 Å². The van der Waals surface area contributed by atoms with Gasteiger partial charge < -0.3 is 47.8 Å². The Balaban J connectivity index is 1.78. The molecule has 1 unspecified atom stereocenters. The van der Waals surface area contributed by atoms with Gasteiger partial charge in [-0.25, -0.2) is 4.79 Å². The quantitative estimate of drug-likeness (QED) is 0.0927. The lowest BCUT2D eigenvalue weighted by Gasteiger charge is -2.50. The Bertz CT molecular complexity index is 1470. The summed E-state index contributed by atoms with van der Waals surface area (Å²) in [7, 11) is -1.47. The number of hydrogen-bond donors (Lipinski definition) is 2. The Labute approximate surface area is 298 Å². The van der Waals surface area contributed by atoms with Gasteiger partial charge in [-0.05, 0) is 34.8 Å². The molecule has 2 fully saturated rings. The standard InChI is InChI=1S/C35H49N3O12Si/c1-21(39)44-20-24-27(50-51(6,7)35(2,3)4)28(45-18-22-14-10-8-11-15-22)25(37-38-36)34(47-24)49-30-29(46-19-23-16-12-9-13-17-23)26(40)32(41)48-31(30)33(42)43-5/h8-17,24-32,34,40-41H,18-20H2,1-7H3/t24-,25-,26-,27-,28-,29-,30+,31-,32?,34-/m1/s1. The summed E-state index contributed by atoms with van der Waals surface area (Å²) < 4.78 is 48.3. The van der Waals surface area contributed by atoms with Crippen LogP contribution in [-0.2, 0) is 60.4 Å². The predicted octanol–water partition coefficient (Wildman–Crippen LogP) is 4.15. The van der Waals surface area contributed by atoms with Crippen LogP contribution in [0.15, 0.2) is 65.8 Å². The normalized spacial score (nSPS) is 29.8. The minimum Gasteiger partial charge on any atom is -0.467 e. The highest BCUT2D eigenvalue weighted by Gasteiger charge is 2.56. The summed E-state index contributed by atoms with van der Waals surface area (Å²) >= 11 is 0. The van der Waals surface area contributed by atoms with E-state index in [1.54, 1.807) is 24.3 Å². The second-order valence-corrected chi connectivity index (χ2v) is 18.7. The molecule has 51 heavy (non-hydrogen) atoms. The van der Waals surface area contributed by atoms with Gasteiger partial charge in [0, 0.05) is 11.8 Å². The summed E-state index contributed by atoms with van der Waals surface area (Å²) in [5.74, 6) is -1.50. The summed E-state index contributed by atoms with van der Waals surface area (Å²) in [4.78, 5) is 28.2. The molecule has 2 aromatic carbocycles. The highest BCUT2D eigenvalue weighted by atomic mass is 28.4. The largest absolute Gasteiger partial charge is 0.467 e. The molecule has 2 aliphatic rings. The lowest BCUT2D eigenvalue weighted by molar-refractivity contribution is -0.340. The fourth-order valence-corrected chi connectivity index (χ4v) is 6.86. The molecule has 0 saturated carbocycles. The van der Waals surface area contributed by atoms with Crippen LogP contribution in [0.1, 0.15) is 38.8 Å². The van der Waals surface area contributed by atoms with Crippen molar-refractivity contribution in [1.82, 2.24) is 0 Å². The first kappa shape index (κ1) is 40.4. The van der Waals surface area contributed by atoms with Gasteiger partial charge in [0.05, 0.1) is 26.4 Å². The van der Waals surface area contributed by atoms with Crippen molar-refractivity contribution in [3.8, 4) is 0 Å². The Morgan fingerprint density at radius 3 is 1.98 bits per heavy atom. The van der Waals surface area contributed by atoms with Crippen LogP contribution in [0.4, 0.5) is 0 Å². The van der Waals surface area contributed by atoms with Crippen molar-refractivity contribution < 1.29 is 57.4 Å². The van der Waals surface area contributed by atoms with E-state index in [-0.39, 0.29) is 24.9 Å². The van der Waals surface area contributed by atoms with Gasteiger partial charge >= 0.3 is 11.9 Å². The number of nitrogens with zero attached hydrogens (tertiary/aromatic N) is 3. The molecular formula is C35H49N3O12Si. The molecule has 2 aliphatic heterocycles. The molecule has 0 aromatic heterocycles. The number of azide groups is 1. The number of methoxy groups -OCH3 is 1. The molecule has 0 amide bonds. The number of esters is 2.